The molecule has 0 amide bonds. The van der Waals surface area contributed by atoms with Gasteiger partial charge in [-0.1, -0.05) is 31.9 Å². The number of benzene rings is 1. The molecular weight excluding hydrogens is 302 g/mol. The predicted molar refractivity (Wildman–Crippen MR) is 77.8 cm³/mol. The molecule has 0 spiro atoms. The average Bonchev–Trinajstić information content (AvgIpc) is 2.33. The first kappa shape index (κ1) is 14.8. The maximum atomic E-state index is 9.59. The molecule has 1 aromatic carbocycles. The molecule has 96 valence electrons. The zero-order chi connectivity index (χ0) is 12.9. The number of aliphatic hydroxyl groups excluding tert-OH is 1. The third-order valence-electron chi connectivity index (χ3n) is 3.04. The monoisotopic (exact) mass is 319 g/mol. The van der Waals surface area contributed by atoms with Crippen LogP contribution in [0.15, 0.2) is 22.7 Å². The van der Waals surface area contributed by atoms with E-state index in [-0.39, 0.29) is 12.1 Å². The van der Waals surface area contributed by atoms with Gasteiger partial charge in [-0.05, 0) is 47.0 Å². The molecule has 1 unspecified atom stereocenters. The molecule has 2 N–H and O–H groups in total. The smallest absolute Gasteiger partial charge is 0.0661 e. The van der Waals surface area contributed by atoms with Crippen molar-refractivity contribution in [1.82, 2.24) is 0 Å². The van der Waals surface area contributed by atoms with Crippen molar-refractivity contribution in [2.24, 2.45) is 0 Å². The molecule has 2 nitrogen and oxygen atoms in total. The second-order valence-corrected chi connectivity index (χ2v) is 5.56. The molecule has 0 fully saturated rings. The Morgan fingerprint density at radius 2 is 2.12 bits per heavy atom. The molecule has 0 aliphatic rings. The molecule has 0 radical (unpaired) electrons. The number of nitrogens with one attached hydrogen (secondary N) is 1. The summed E-state index contributed by atoms with van der Waals surface area (Å²) < 4.78 is 0.864. The van der Waals surface area contributed by atoms with E-state index in [1.807, 2.05) is 18.2 Å². The van der Waals surface area contributed by atoms with Crippen molar-refractivity contribution in [3.8, 4) is 0 Å². The fourth-order valence-electron chi connectivity index (χ4n) is 1.92. The first-order chi connectivity index (χ1) is 8.06. The van der Waals surface area contributed by atoms with Crippen molar-refractivity contribution in [2.75, 3.05) is 11.9 Å². The second kappa shape index (κ2) is 6.62. The van der Waals surface area contributed by atoms with Gasteiger partial charge < -0.3 is 10.4 Å². The van der Waals surface area contributed by atoms with Gasteiger partial charge in [-0.25, -0.2) is 0 Å². The van der Waals surface area contributed by atoms with E-state index >= 15 is 0 Å². The summed E-state index contributed by atoms with van der Waals surface area (Å²) in [7, 11) is 0. The molecule has 17 heavy (non-hydrogen) atoms. The van der Waals surface area contributed by atoms with Crippen molar-refractivity contribution in [3.63, 3.8) is 0 Å². The first-order valence-corrected chi connectivity index (χ1v) is 7.08. The molecule has 0 aliphatic carbocycles. The first-order valence-electron chi connectivity index (χ1n) is 5.91. The van der Waals surface area contributed by atoms with Gasteiger partial charge in [-0.3, -0.25) is 0 Å². The van der Waals surface area contributed by atoms with E-state index in [2.05, 4.69) is 35.1 Å². The summed E-state index contributed by atoms with van der Waals surface area (Å²) >= 11 is 9.36. The SMILES string of the molecule is CCCC(CC)(CO)Nc1ccc(Cl)c(Br)c1. The number of hydrogen-bond acceptors (Lipinski definition) is 2. The Labute approximate surface area is 117 Å². The summed E-state index contributed by atoms with van der Waals surface area (Å²) in [5.74, 6) is 0. The van der Waals surface area contributed by atoms with Crippen LogP contribution < -0.4 is 5.32 Å². The maximum absolute atomic E-state index is 9.59. The summed E-state index contributed by atoms with van der Waals surface area (Å²) in [4.78, 5) is 0. The Bertz CT molecular complexity index is 366. The highest BCUT2D eigenvalue weighted by Crippen LogP contribution is 2.29. The largest absolute Gasteiger partial charge is 0.394 e. The highest BCUT2D eigenvalue weighted by molar-refractivity contribution is 9.10. The van der Waals surface area contributed by atoms with Gasteiger partial charge in [0.05, 0.1) is 17.2 Å². The molecule has 1 atom stereocenters. The minimum absolute atomic E-state index is 0.136. The van der Waals surface area contributed by atoms with E-state index in [1.165, 1.54) is 0 Å². The highest BCUT2D eigenvalue weighted by Gasteiger charge is 2.26. The topological polar surface area (TPSA) is 32.3 Å². The van der Waals surface area contributed by atoms with Gasteiger partial charge in [-0.15, -0.1) is 0 Å². The summed E-state index contributed by atoms with van der Waals surface area (Å²) in [6, 6.07) is 5.72. The van der Waals surface area contributed by atoms with Crippen molar-refractivity contribution in [2.45, 2.75) is 38.6 Å². The Balaban J connectivity index is 2.89. The number of aliphatic hydroxyl groups is 1. The Kier molecular flexibility index (Phi) is 5.77. The van der Waals surface area contributed by atoms with Crippen molar-refractivity contribution in [1.29, 1.82) is 0 Å². The molecular formula is C13H19BrClNO. The lowest BCUT2D eigenvalue weighted by Crippen LogP contribution is -2.41. The van der Waals surface area contributed by atoms with Crippen LogP contribution in [0.5, 0.6) is 0 Å². The lowest BCUT2D eigenvalue weighted by Gasteiger charge is -2.33. The Morgan fingerprint density at radius 1 is 1.41 bits per heavy atom. The molecule has 0 saturated heterocycles. The van der Waals surface area contributed by atoms with Gasteiger partial charge >= 0.3 is 0 Å². The van der Waals surface area contributed by atoms with Crippen LogP contribution >= 0.6 is 27.5 Å². The number of anilines is 1. The highest BCUT2D eigenvalue weighted by atomic mass is 79.9. The quantitative estimate of drug-likeness (QED) is 0.811. The van der Waals surface area contributed by atoms with Gasteiger partial charge in [0.25, 0.3) is 0 Å². The summed E-state index contributed by atoms with van der Waals surface area (Å²) in [6.45, 7) is 4.35. The molecule has 1 aromatic rings. The summed E-state index contributed by atoms with van der Waals surface area (Å²) in [5.41, 5.74) is 0.743. The second-order valence-electron chi connectivity index (χ2n) is 4.30. The standard InChI is InChI=1S/C13H19BrClNO/c1-3-7-13(4-2,9-17)16-10-5-6-12(15)11(14)8-10/h5-6,8,16-17H,3-4,7,9H2,1-2H3. The third kappa shape index (κ3) is 3.87. The number of hydrogen-bond donors (Lipinski definition) is 2. The molecule has 0 aromatic heterocycles. The van der Waals surface area contributed by atoms with E-state index < -0.39 is 0 Å². The molecule has 4 heteroatoms. The molecule has 1 rings (SSSR count). The average molecular weight is 321 g/mol. The minimum Gasteiger partial charge on any atom is -0.394 e. The Hall–Kier alpha value is -0.250. The van der Waals surface area contributed by atoms with Crippen LogP contribution in [0.2, 0.25) is 5.02 Å². The van der Waals surface area contributed by atoms with E-state index in [0.717, 1.165) is 29.4 Å². The summed E-state index contributed by atoms with van der Waals surface area (Å²) in [6.07, 6.45) is 2.87. The van der Waals surface area contributed by atoms with Crippen LogP contribution in [0.1, 0.15) is 33.1 Å². The van der Waals surface area contributed by atoms with E-state index in [0.29, 0.717) is 5.02 Å². The van der Waals surface area contributed by atoms with E-state index in [4.69, 9.17) is 11.6 Å². The zero-order valence-corrected chi connectivity index (χ0v) is 12.6. The fourth-order valence-corrected chi connectivity index (χ4v) is 2.41. The third-order valence-corrected chi connectivity index (χ3v) is 4.25. The summed E-state index contributed by atoms with van der Waals surface area (Å²) in [5, 5.41) is 13.7. The lowest BCUT2D eigenvalue weighted by molar-refractivity contribution is 0.197. The van der Waals surface area contributed by atoms with Crippen molar-refractivity contribution >= 4 is 33.2 Å². The molecule has 0 aliphatic heterocycles. The van der Waals surface area contributed by atoms with Crippen LogP contribution in [0, 0.1) is 0 Å². The van der Waals surface area contributed by atoms with Crippen LogP contribution in [-0.4, -0.2) is 17.3 Å². The van der Waals surface area contributed by atoms with E-state index in [9.17, 15) is 5.11 Å². The van der Waals surface area contributed by atoms with Crippen LogP contribution in [0.25, 0.3) is 0 Å². The van der Waals surface area contributed by atoms with Gasteiger partial charge in [0, 0.05) is 10.2 Å². The van der Waals surface area contributed by atoms with Gasteiger partial charge in [-0.2, -0.15) is 0 Å². The van der Waals surface area contributed by atoms with Gasteiger partial charge in [0.1, 0.15) is 0 Å². The van der Waals surface area contributed by atoms with Gasteiger partial charge in [0.2, 0.25) is 0 Å². The Morgan fingerprint density at radius 3 is 2.59 bits per heavy atom. The normalized spacial score (nSPS) is 14.4. The van der Waals surface area contributed by atoms with Crippen molar-refractivity contribution < 1.29 is 5.11 Å². The maximum Gasteiger partial charge on any atom is 0.0661 e. The zero-order valence-electron chi connectivity index (χ0n) is 10.3. The minimum atomic E-state index is -0.234. The molecule has 0 bridgehead atoms. The van der Waals surface area contributed by atoms with Crippen LogP contribution in [-0.2, 0) is 0 Å². The fraction of sp³-hybridized carbons (Fsp3) is 0.538. The number of halogens is 2. The van der Waals surface area contributed by atoms with Crippen LogP contribution in [0.3, 0.4) is 0 Å². The van der Waals surface area contributed by atoms with Crippen molar-refractivity contribution in [3.05, 3.63) is 27.7 Å². The molecule has 0 heterocycles. The van der Waals surface area contributed by atoms with Crippen LogP contribution in [0.4, 0.5) is 5.69 Å². The lowest BCUT2D eigenvalue weighted by atomic mass is 9.91. The number of rotatable bonds is 6. The molecule has 0 saturated carbocycles. The van der Waals surface area contributed by atoms with E-state index in [1.54, 1.807) is 0 Å². The predicted octanol–water partition coefficient (Wildman–Crippen LogP) is 4.46. The van der Waals surface area contributed by atoms with Gasteiger partial charge in [0.15, 0.2) is 0 Å².